The van der Waals surface area contributed by atoms with Crippen LogP contribution >= 0.6 is 0 Å². The molecule has 17 heavy (non-hydrogen) atoms. The molecule has 0 unspecified atom stereocenters. The van der Waals surface area contributed by atoms with E-state index in [-0.39, 0.29) is 0 Å². The van der Waals surface area contributed by atoms with Gasteiger partial charge in [0.2, 0.25) is 0 Å². The van der Waals surface area contributed by atoms with E-state index in [1.54, 1.807) is 13.3 Å². The zero-order valence-corrected chi connectivity index (χ0v) is 9.55. The average molecular weight is 230 g/mol. The summed E-state index contributed by atoms with van der Waals surface area (Å²) in [5, 5.41) is 0. The van der Waals surface area contributed by atoms with Gasteiger partial charge in [0.1, 0.15) is 11.6 Å². The summed E-state index contributed by atoms with van der Waals surface area (Å²) in [5.41, 5.74) is 12.9. The molecule has 5 nitrogen and oxygen atoms in total. The van der Waals surface area contributed by atoms with Gasteiger partial charge in [-0.3, -0.25) is 0 Å². The second-order valence-electron chi connectivity index (χ2n) is 3.54. The first kappa shape index (κ1) is 11.3. The molecule has 0 saturated carbocycles. The smallest absolute Gasteiger partial charge is 0.161 e. The highest BCUT2D eigenvalue weighted by molar-refractivity contribution is 5.58. The van der Waals surface area contributed by atoms with Gasteiger partial charge in [-0.1, -0.05) is 0 Å². The minimum Gasteiger partial charge on any atom is -0.497 e. The number of methoxy groups -OCH3 is 1. The SMILES string of the molecule is COc1ccc(-c2ncc(CN)c(N)n2)cc1. The molecule has 0 aliphatic rings. The molecule has 0 aliphatic carbocycles. The first-order valence-electron chi connectivity index (χ1n) is 5.20. The Bertz CT molecular complexity index is 510. The highest BCUT2D eigenvalue weighted by Gasteiger charge is 2.05. The van der Waals surface area contributed by atoms with Crippen molar-refractivity contribution in [3.05, 3.63) is 36.0 Å². The second kappa shape index (κ2) is 4.80. The van der Waals surface area contributed by atoms with Gasteiger partial charge in [-0.2, -0.15) is 0 Å². The molecule has 2 aromatic rings. The third-order valence-electron chi connectivity index (χ3n) is 2.47. The lowest BCUT2D eigenvalue weighted by Gasteiger charge is -2.05. The molecule has 1 heterocycles. The third-order valence-corrected chi connectivity index (χ3v) is 2.47. The van der Waals surface area contributed by atoms with Gasteiger partial charge >= 0.3 is 0 Å². The molecule has 0 aliphatic heterocycles. The first-order valence-corrected chi connectivity index (χ1v) is 5.20. The molecule has 2 rings (SSSR count). The minimum atomic E-state index is 0.342. The summed E-state index contributed by atoms with van der Waals surface area (Å²) < 4.78 is 5.08. The quantitative estimate of drug-likeness (QED) is 0.827. The van der Waals surface area contributed by atoms with Crippen molar-refractivity contribution in [2.45, 2.75) is 6.54 Å². The summed E-state index contributed by atoms with van der Waals surface area (Å²) in [4.78, 5) is 8.44. The number of nitrogens with two attached hydrogens (primary N) is 2. The van der Waals surface area contributed by atoms with E-state index in [4.69, 9.17) is 16.2 Å². The van der Waals surface area contributed by atoms with E-state index < -0.39 is 0 Å². The molecule has 0 spiro atoms. The number of hydrogen-bond acceptors (Lipinski definition) is 5. The van der Waals surface area contributed by atoms with Gasteiger partial charge < -0.3 is 16.2 Å². The summed E-state index contributed by atoms with van der Waals surface area (Å²) >= 11 is 0. The van der Waals surface area contributed by atoms with Crippen molar-refractivity contribution in [3.63, 3.8) is 0 Å². The van der Waals surface area contributed by atoms with E-state index >= 15 is 0 Å². The molecular weight excluding hydrogens is 216 g/mol. The maximum Gasteiger partial charge on any atom is 0.161 e. The maximum atomic E-state index is 5.77. The summed E-state index contributed by atoms with van der Waals surface area (Å²) in [7, 11) is 1.62. The van der Waals surface area contributed by atoms with E-state index in [1.165, 1.54) is 0 Å². The van der Waals surface area contributed by atoms with Gasteiger partial charge in [-0.25, -0.2) is 9.97 Å². The fraction of sp³-hybridized carbons (Fsp3) is 0.167. The number of rotatable bonds is 3. The molecule has 0 atom stereocenters. The molecule has 0 bridgehead atoms. The van der Waals surface area contributed by atoms with Crippen LogP contribution < -0.4 is 16.2 Å². The normalized spacial score (nSPS) is 10.2. The molecule has 0 fully saturated rings. The van der Waals surface area contributed by atoms with Gasteiger partial charge in [0.25, 0.3) is 0 Å². The maximum absolute atomic E-state index is 5.77. The van der Waals surface area contributed by atoms with Crippen molar-refractivity contribution < 1.29 is 4.74 Å². The van der Waals surface area contributed by atoms with Gasteiger partial charge in [-0.15, -0.1) is 0 Å². The molecule has 0 amide bonds. The van der Waals surface area contributed by atoms with Crippen LogP contribution in [0.5, 0.6) is 5.75 Å². The number of ether oxygens (including phenoxy) is 1. The van der Waals surface area contributed by atoms with Crippen LogP contribution in [0.25, 0.3) is 11.4 Å². The summed E-state index contributed by atoms with van der Waals surface area (Å²) in [6.45, 7) is 0.342. The van der Waals surface area contributed by atoms with Gasteiger partial charge in [0, 0.05) is 23.9 Å². The van der Waals surface area contributed by atoms with Crippen molar-refractivity contribution in [2.75, 3.05) is 12.8 Å². The lowest BCUT2D eigenvalue weighted by atomic mass is 10.2. The van der Waals surface area contributed by atoms with Gasteiger partial charge in [0.05, 0.1) is 7.11 Å². The summed E-state index contributed by atoms with van der Waals surface area (Å²) in [6, 6.07) is 7.48. The van der Waals surface area contributed by atoms with Crippen molar-refractivity contribution in [1.82, 2.24) is 9.97 Å². The predicted octanol–water partition coefficient (Wildman–Crippen LogP) is 1.19. The van der Waals surface area contributed by atoms with E-state index in [2.05, 4.69) is 9.97 Å². The number of anilines is 1. The number of hydrogen-bond donors (Lipinski definition) is 2. The van der Waals surface area contributed by atoms with E-state index in [0.717, 1.165) is 16.9 Å². The van der Waals surface area contributed by atoms with Gasteiger partial charge in [0.15, 0.2) is 5.82 Å². The van der Waals surface area contributed by atoms with E-state index in [0.29, 0.717) is 18.2 Å². The predicted molar refractivity (Wildman–Crippen MR) is 66.3 cm³/mol. The first-order chi connectivity index (χ1) is 8.24. The van der Waals surface area contributed by atoms with Crippen molar-refractivity contribution in [1.29, 1.82) is 0 Å². The molecule has 4 N–H and O–H groups in total. The number of nitrogens with zero attached hydrogens (tertiary/aromatic N) is 2. The second-order valence-corrected chi connectivity index (χ2v) is 3.54. The molecule has 0 radical (unpaired) electrons. The Balaban J connectivity index is 2.35. The molecule has 1 aromatic heterocycles. The highest BCUT2D eigenvalue weighted by atomic mass is 16.5. The minimum absolute atomic E-state index is 0.342. The Morgan fingerprint density at radius 2 is 1.94 bits per heavy atom. The topological polar surface area (TPSA) is 87.0 Å². The van der Waals surface area contributed by atoms with Crippen LogP contribution in [0.4, 0.5) is 5.82 Å². The molecule has 0 saturated heterocycles. The lowest BCUT2D eigenvalue weighted by molar-refractivity contribution is 0.415. The Morgan fingerprint density at radius 3 is 2.47 bits per heavy atom. The van der Waals surface area contributed by atoms with Crippen molar-refractivity contribution >= 4 is 5.82 Å². The fourth-order valence-corrected chi connectivity index (χ4v) is 1.46. The van der Waals surface area contributed by atoms with Gasteiger partial charge in [-0.05, 0) is 24.3 Å². The molecule has 5 heteroatoms. The monoisotopic (exact) mass is 230 g/mol. The Kier molecular flexibility index (Phi) is 3.20. The van der Waals surface area contributed by atoms with Crippen LogP contribution in [-0.2, 0) is 6.54 Å². The van der Waals surface area contributed by atoms with Crippen LogP contribution in [0.15, 0.2) is 30.5 Å². The van der Waals surface area contributed by atoms with Crippen LogP contribution in [0.2, 0.25) is 0 Å². The lowest BCUT2D eigenvalue weighted by Crippen LogP contribution is -2.05. The molecular formula is C12H14N4O. The summed E-state index contributed by atoms with van der Waals surface area (Å²) in [5.74, 6) is 1.80. The zero-order chi connectivity index (χ0) is 12.3. The van der Waals surface area contributed by atoms with Crippen LogP contribution in [-0.4, -0.2) is 17.1 Å². The highest BCUT2D eigenvalue weighted by Crippen LogP contribution is 2.20. The largest absolute Gasteiger partial charge is 0.497 e. The third kappa shape index (κ3) is 2.34. The number of aromatic nitrogens is 2. The zero-order valence-electron chi connectivity index (χ0n) is 9.55. The Hall–Kier alpha value is -2.14. The van der Waals surface area contributed by atoms with Crippen LogP contribution in [0.1, 0.15) is 5.56 Å². The van der Waals surface area contributed by atoms with E-state index in [9.17, 15) is 0 Å². The fourth-order valence-electron chi connectivity index (χ4n) is 1.46. The summed E-state index contributed by atoms with van der Waals surface area (Å²) in [6.07, 6.45) is 1.65. The Morgan fingerprint density at radius 1 is 1.24 bits per heavy atom. The van der Waals surface area contributed by atoms with E-state index in [1.807, 2.05) is 24.3 Å². The standard InChI is InChI=1S/C12H14N4O/c1-17-10-4-2-8(3-5-10)12-15-7-9(6-13)11(14)16-12/h2-5,7H,6,13H2,1H3,(H2,14,15,16). The van der Waals surface area contributed by atoms with Crippen LogP contribution in [0.3, 0.4) is 0 Å². The van der Waals surface area contributed by atoms with Crippen molar-refractivity contribution in [2.24, 2.45) is 5.73 Å². The Labute approximate surface area is 99.5 Å². The van der Waals surface area contributed by atoms with Crippen LogP contribution in [0, 0.1) is 0 Å². The average Bonchev–Trinajstić information content (AvgIpc) is 2.39. The number of benzene rings is 1. The molecule has 88 valence electrons. The van der Waals surface area contributed by atoms with Crippen molar-refractivity contribution in [3.8, 4) is 17.1 Å². The number of nitrogen functional groups attached to an aromatic ring is 1. The molecule has 1 aromatic carbocycles.